The van der Waals surface area contributed by atoms with Crippen LogP contribution in [-0.4, -0.2) is 12.6 Å². The summed E-state index contributed by atoms with van der Waals surface area (Å²) in [5, 5.41) is 0. The van der Waals surface area contributed by atoms with Crippen LogP contribution in [0.3, 0.4) is 0 Å². The van der Waals surface area contributed by atoms with Gasteiger partial charge in [0, 0.05) is 0 Å². The van der Waals surface area contributed by atoms with Gasteiger partial charge in [0.2, 0.25) is 0 Å². The fourth-order valence-electron chi connectivity index (χ4n) is 2.10. The molecule has 1 aromatic rings. The van der Waals surface area contributed by atoms with Gasteiger partial charge in [-0.05, 0) is 24.8 Å². The van der Waals surface area contributed by atoms with Crippen molar-refractivity contribution in [1.82, 2.24) is 0 Å². The molecule has 0 N–H and O–H groups in total. The van der Waals surface area contributed by atoms with E-state index < -0.39 is 0 Å². The van der Waals surface area contributed by atoms with Gasteiger partial charge in [-0.1, -0.05) is 62.1 Å². The highest BCUT2D eigenvalue weighted by atomic mass is 16.5. The first-order chi connectivity index (χ1) is 9.83. The molecule has 0 saturated heterocycles. The maximum atomic E-state index is 11.6. The Bertz CT molecular complexity index is 370. The minimum atomic E-state index is -0.123. The van der Waals surface area contributed by atoms with E-state index in [0.29, 0.717) is 13.0 Å². The monoisotopic (exact) mass is 274 g/mol. The summed E-state index contributed by atoms with van der Waals surface area (Å²) < 4.78 is 5.24. The van der Waals surface area contributed by atoms with E-state index in [1.54, 1.807) is 0 Å². The van der Waals surface area contributed by atoms with Crippen molar-refractivity contribution in [2.45, 2.75) is 51.4 Å². The van der Waals surface area contributed by atoms with Crippen molar-refractivity contribution >= 4 is 5.97 Å². The molecule has 0 amide bonds. The van der Waals surface area contributed by atoms with E-state index in [4.69, 9.17) is 4.74 Å². The molecular weight excluding hydrogens is 248 g/mol. The summed E-state index contributed by atoms with van der Waals surface area (Å²) in [6.07, 6.45) is 10.6. The Kier molecular flexibility index (Phi) is 9.29. The fourth-order valence-corrected chi connectivity index (χ4v) is 2.10. The Morgan fingerprint density at radius 2 is 1.65 bits per heavy atom. The van der Waals surface area contributed by atoms with E-state index >= 15 is 0 Å². The number of benzene rings is 1. The van der Waals surface area contributed by atoms with Gasteiger partial charge in [0.05, 0.1) is 13.0 Å². The average Bonchev–Trinajstić information content (AvgIpc) is 2.46. The van der Waals surface area contributed by atoms with Gasteiger partial charge < -0.3 is 4.74 Å². The first-order valence-electron chi connectivity index (χ1n) is 7.63. The molecule has 1 rings (SSSR count). The largest absolute Gasteiger partial charge is 0.465 e. The van der Waals surface area contributed by atoms with Gasteiger partial charge in [0.25, 0.3) is 0 Å². The van der Waals surface area contributed by atoms with Crippen molar-refractivity contribution < 1.29 is 9.53 Å². The van der Waals surface area contributed by atoms with E-state index in [9.17, 15) is 4.79 Å². The number of rotatable bonds is 11. The van der Waals surface area contributed by atoms with Crippen LogP contribution in [0.4, 0.5) is 0 Å². The number of carbonyl (C=O) groups is 1. The molecule has 0 aromatic heterocycles. The van der Waals surface area contributed by atoms with Crippen molar-refractivity contribution in [2.75, 3.05) is 6.61 Å². The highest BCUT2D eigenvalue weighted by molar-refractivity contribution is 5.72. The van der Waals surface area contributed by atoms with Gasteiger partial charge in [-0.15, -0.1) is 6.58 Å². The summed E-state index contributed by atoms with van der Waals surface area (Å²) >= 11 is 0. The molecule has 2 heteroatoms. The van der Waals surface area contributed by atoms with Gasteiger partial charge in [-0.3, -0.25) is 4.79 Å². The molecule has 0 spiro atoms. The molecule has 0 fully saturated rings. The van der Waals surface area contributed by atoms with Gasteiger partial charge in [-0.2, -0.15) is 0 Å². The third kappa shape index (κ3) is 8.52. The van der Waals surface area contributed by atoms with E-state index in [0.717, 1.165) is 24.8 Å². The van der Waals surface area contributed by atoms with Gasteiger partial charge in [0.15, 0.2) is 0 Å². The zero-order chi connectivity index (χ0) is 14.5. The molecule has 0 aliphatic carbocycles. The van der Waals surface area contributed by atoms with Crippen LogP contribution in [0.2, 0.25) is 0 Å². The quantitative estimate of drug-likeness (QED) is 0.332. The van der Waals surface area contributed by atoms with Crippen LogP contribution in [0.25, 0.3) is 0 Å². The van der Waals surface area contributed by atoms with Crippen LogP contribution in [0.1, 0.15) is 50.5 Å². The van der Waals surface area contributed by atoms with Crippen molar-refractivity contribution in [2.24, 2.45) is 0 Å². The Hall–Kier alpha value is -1.57. The first kappa shape index (κ1) is 16.5. The molecule has 0 radical (unpaired) electrons. The smallest absolute Gasteiger partial charge is 0.310 e. The topological polar surface area (TPSA) is 26.3 Å². The molecule has 0 bridgehead atoms. The summed E-state index contributed by atoms with van der Waals surface area (Å²) in [6, 6.07) is 9.73. The van der Waals surface area contributed by atoms with Crippen molar-refractivity contribution in [3.63, 3.8) is 0 Å². The zero-order valence-corrected chi connectivity index (χ0v) is 12.4. The summed E-state index contributed by atoms with van der Waals surface area (Å²) in [6.45, 7) is 4.27. The lowest BCUT2D eigenvalue weighted by atomic mass is 10.1. The number of hydrogen-bond acceptors (Lipinski definition) is 2. The molecule has 0 aliphatic rings. The number of carbonyl (C=O) groups excluding carboxylic acids is 1. The van der Waals surface area contributed by atoms with Crippen LogP contribution in [0, 0.1) is 0 Å². The zero-order valence-electron chi connectivity index (χ0n) is 12.4. The van der Waals surface area contributed by atoms with Crippen LogP contribution >= 0.6 is 0 Å². The predicted octanol–water partition coefficient (Wildman–Crippen LogP) is 4.69. The second-order valence-corrected chi connectivity index (χ2v) is 5.08. The Morgan fingerprint density at radius 1 is 1.00 bits per heavy atom. The second kappa shape index (κ2) is 11.3. The summed E-state index contributed by atoms with van der Waals surface area (Å²) in [7, 11) is 0. The van der Waals surface area contributed by atoms with Gasteiger partial charge in [0.1, 0.15) is 0 Å². The maximum Gasteiger partial charge on any atom is 0.310 e. The van der Waals surface area contributed by atoms with E-state index in [2.05, 4.69) is 6.58 Å². The minimum Gasteiger partial charge on any atom is -0.465 e. The maximum absolute atomic E-state index is 11.6. The SMILES string of the molecule is C=CCCCCCCCCOC(=O)Cc1ccccc1. The third-order valence-electron chi connectivity index (χ3n) is 3.26. The Morgan fingerprint density at radius 3 is 2.35 bits per heavy atom. The summed E-state index contributed by atoms with van der Waals surface area (Å²) in [5.74, 6) is -0.123. The number of ether oxygens (including phenoxy) is 1. The molecule has 0 atom stereocenters. The van der Waals surface area contributed by atoms with E-state index in [1.165, 1.54) is 25.7 Å². The number of unbranched alkanes of at least 4 members (excludes halogenated alkanes) is 6. The number of hydrogen-bond donors (Lipinski definition) is 0. The highest BCUT2D eigenvalue weighted by Crippen LogP contribution is 2.08. The Labute approximate surface area is 122 Å². The average molecular weight is 274 g/mol. The number of allylic oxidation sites excluding steroid dienone is 1. The van der Waals surface area contributed by atoms with Crippen LogP contribution in [-0.2, 0) is 16.0 Å². The summed E-state index contributed by atoms with van der Waals surface area (Å²) in [5.41, 5.74) is 1.01. The lowest BCUT2D eigenvalue weighted by Gasteiger charge is -2.05. The third-order valence-corrected chi connectivity index (χ3v) is 3.26. The van der Waals surface area contributed by atoms with Crippen LogP contribution in [0.5, 0.6) is 0 Å². The van der Waals surface area contributed by atoms with E-state index in [-0.39, 0.29) is 5.97 Å². The molecule has 20 heavy (non-hydrogen) atoms. The molecule has 1 aromatic carbocycles. The lowest BCUT2D eigenvalue weighted by Crippen LogP contribution is -2.08. The highest BCUT2D eigenvalue weighted by Gasteiger charge is 2.03. The molecule has 0 saturated carbocycles. The fraction of sp³-hybridized carbons (Fsp3) is 0.500. The van der Waals surface area contributed by atoms with Gasteiger partial charge in [-0.25, -0.2) is 0 Å². The molecule has 2 nitrogen and oxygen atoms in total. The molecular formula is C18H26O2. The molecule has 0 heterocycles. The predicted molar refractivity (Wildman–Crippen MR) is 83.6 cm³/mol. The lowest BCUT2D eigenvalue weighted by molar-refractivity contribution is -0.142. The van der Waals surface area contributed by atoms with Gasteiger partial charge >= 0.3 is 5.97 Å². The standard InChI is InChI=1S/C18H26O2/c1-2-3-4-5-6-7-8-12-15-20-18(19)16-17-13-10-9-11-14-17/h2,9-11,13-14H,1,3-8,12,15-16H2. The number of esters is 1. The van der Waals surface area contributed by atoms with Crippen molar-refractivity contribution in [3.8, 4) is 0 Å². The van der Waals surface area contributed by atoms with E-state index in [1.807, 2.05) is 36.4 Å². The first-order valence-corrected chi connectivity index (χ1v) is 7.63. The molecule has 0 aliphatic heterocycles. The van der Waals surface area contributed by atoms with Crippen LogP contribution < -0.4 is 0 Å². The Balaban J connectivity index is 1.93. The van der Waals surface area contributed by atoms with Crippen molar-refractivity contribution in [1.29, 1.82) is 0 Å². The van der Waals surface area contributed by atoms with Crippen molar-refractivity contribution in [3.05, 3.63) is 48.6 Å². The summed E-state index contributed by atoms with van der Waals surface area (Å²) in [4.78, 5) is 11.6. The minimum absolute atomic E-state index is 0.123. The molecule has 110 valence electrons. The molecule has 0 unspecified atom stereocenters. The normalized spacial score (nSPS) is 10.2. The second-order valence-electron chi connectivity index (χ2n) is 5.08. The van der Waals surface area contributed by atoms with Crippen LogP contribution in [0.15, 0.2) is 43.0 Å².